The second kappa shape index (κ2) is 8.79. The molecule has 3 saturated carbocycles. The molecule has 3 fully saturated rings. The molecule has 7 nitrogen and oxygen atoms in total. The SMILES string of the molecule is CC(C)CCC[C@@H](C)[C@H]1CC[C@H]2C3=C[C@H](O)[C@]4(O)C[C@H](O)[C@@H](O)C[C@]4(CO)[C@@]3(O)[C@H](O)C[C@]12C. The van der Waals surface area contributed by atoms with E-state index in [9.17, 15) is 35.7 Å². The predicted molar refractivity (Wildman–Crippen MR) is 128 cm³/mol. The summed E-state index contributed by atoms with van der Waals surface area (Å²) in [6.07, 6.45) is 0.983. The minimum Gasteiger partial charge on any atom is -0.396 e. The number of fused-ring (bicyclic) bond motifs is 5. The topological polar surface area (TPSA) is 142 Å². The molecule has 34 heavy (non-hydrogen) atoms. The van der Waals surface area contributed by atoms with Crippen molar-refractivity contribution in [2.45, 2.75) is 115 Å². The zero-order chi connectivity index (χ0) is 25.3. The average molecular weight is 483 g/mol. The summed E-state index contributed by atoms with van der Waals surface area (Å²) < 4.78 is 0. The number of hydrogen-bond donors (Lipinski definition) is 7. The first-order valence-electron chi connectivity index (χ1n) is 13.3. The summed E-state index contributed by atoms with van der Waals surface area (Å²) in [6.45, 7) is 8.19. The second-order valence-electron chi connectivity index (χ2n) is 12.8. The van der Waals surface area contributed by atoms with Crippen molar-refractivity contribution in [3.63, 3.8) is 0 Å². The van der Waals surface area contributed by atoms with Crippen LogP contribution in [0, 0.1) is 34.5 Å². The molecule has 0 bridgehead atoms. The first kappa shape index (κ1) is 26.5. The molecule has 4 aliphatic carbocycles. The minimum absolute atomic E-state index is 0.106. The first-order chi connectivity index (χ1) is 15.8. The van der Waals surface area contributed by atoms with Crippen LogP contribution in [-0.4, -0.2) is 78.0 Å². The van der Waals surface area contributed by atoms with Gasteiger partial charge in [-0.1, -0.05) is 53.0 Å². The highest BCUT2D eigenvalue weighted by Crippen LogP contribution is 2.69. The van der Waals surface area contributed by atoms with Gasteiger partial charge in [0.2, 0.25) is 0 Å². The summed E-state index contributed by atoms with van der Waals surface area (Å²) in [6, 6.07) is 0. The van der Waals surface area contributed by atoms with Crippen LogP contribution in [0.1, 0.15) is 79.1 Å². The molecule has 0 unspecified atom stereocenters. The summed E-state index contributed by atoms with van der Waals surface area (Å²) in [5.41, 5.74) is -5.66. The van der Waals surface area contributed by atoms with Gasteiger partial charge in [0.15, 0.2) is 0 Å². The highest BCUT2D eigenvalue weighted by atomic mass is 16.4. The van der Waals surface area contributed by atoms with Crippen LogP contribution in [0.2, 0.25) is 0 Å². The third-order valence-corrected chi connectivity index (χ3v) is 10.6. The number of rotatable bonds is 6. The van der Waals surface area contributed by atoms with Gasteiger partial charge in [-0.2, -0.15) is 0 Å². The molecule has 0 aromatic rings. The smallest absolute Gasteiger partial charge is 0.123 e. The molecule has 0 spiro atoms. The van der Waals surface area contributed by atoms with Crippen molar-refractivity contribution in [1.82, 2.24) is 0 Å². The molecule has 196 valence electrons. The van der Waals surface area contributed by atoms with E-state index >= 15 is 0 Å². The monoisotopic (exact) mass is 482 g/mol. The second-order valence-corrected chi connectivity index (χ2v) is 12.8. The van der Waals surface area contributed by atoms with E-state index in [1.807, 2.05) is 0 Å². The van der Waals surface area contributed by atoms with Gasteiger partial charge in [-0.3, -0.25) is 0 Å². The van der Waals surface area contributed by atoms with E-state index in [4.69, 9.17) is 0 Å². The van der Waals surface area contributed by atoms with Gasteiger partial charge in [-0.05, 0) is 60.3 Å². The van der Waals surface area contributed by atoms with Gasteiger partial charge in [-0.25, -0.2) is 0 Å². The summed E-state index contributed by atoms with van der Waals surface area (Å²) in [7, 11) is 0. The lowest BCUT2D eigenvalue weighted by atomic mass is 9.42. The third-order valence-electron chi connectivity index (χ3n) is 10.6. The summed E-state index contributed by atoms with van der Waals surface area (Å²) in [5, 5.41) is 78.0. The molecular formula is C27H46O7. The molecule has 0 aliphatic heterocycles. The molecule has 0 aromatic heterocycles. The highest BCUT2D eigenvalue weighted by Gasteiger charge is 2.76. The maximum atomic E-state index is 12.2. The molecule has 4 aliphatic rings. The number of aliphatic hydroxyl groups excluding tert-OH is 5. The largest absolute Gasteiger partial charge is 0.396 e. The Morgan fingerprint density at radius 2 is 1.59 bits per heavy atom. The van der Waals surface area contributed by atoms with Gasteiger partial charge in [0.05, 0.1) is 30.3 Å². The van der Waals surface area contributed by atoms with Gasteiger partial charge in [0.1, 0.15) is 17.3 Å². The quantitative estimate of drug-likeness (QED) is 0.285. The zero-order valence-corrected chi connectivity index (χ0v) is 21.2. The first-order valence-corrected chi connectivity index (χ1v) is 13.3. The predicted octanol–water partition coefficient (Wildman–Crippen LogP) is 1.50. The van der Waals surface area contributed by atoms with E-state index in [1.54, 1.807) is 0 Å². The van der Waals surface area contributed by atoms with Gasteiger partial charge in [0, 0.05) is 6.42 Å². The van der Waals surface area contributed by atoms with Crippen LogP contribution < -0.4 is 0 Å². The van der Waals surface area contributed by atoms with E-state index in [1.165, 1.54) is 12.5 Å². The molecule has 7 heteroatoms. The Hall–Kier alpha value is -0.540. The Labute approximate surface area is 203 Å². The lowest BCUT2D eigenvalue weighted by Crippen LogP contribution is -2.79. The van der Waals surface area contributed by atoms with Crippen LogP contribution in [-0.2, 0) is 0 Å². The van der Waals surface area contributed by atoms with Crippen molar-refractivity contribution in [3.05, 3.63) is 11.6 Å². The van der Waals surface area contributed by atoms with Crippen LogP contribution in [0.15, 0.2) is 11.6 Å². The number of hydrogen-bond acceptors (Lipinski definition) is 7. The van der Waals surface area contributed by atoms with E-state index in [0.29, 0.717) is 29.7 Å². The van der Waals surface area contributed by atoms with Crippen molar-refractivity contribution in [1.29, 1.82) is 0 Å². The van der Waals surface area contributed by atoms with Gasteiger partial charge < -0.3 is 35.7 Å². The highest BCUT2D eigenvalue weighted by molar-refractivity contribution is 5.43. The van der Waals surface area contributed by atoms with E-state index in [2.05, 4.69) is 27.7 Å². The molecule has 7 N–H and O–H groups in total. The summed E-state index contributed by atoms with van der Waals surface area (Å²) in [4.78, 5) is 0. The van der Waals surface area contributed by atoms with Crippen LogP contribution >= 0.6 is 0 Å². The van der Waals surface area contributed by atoms with Crippen LogP contribution in [0.3, 0.4) is 0 Å². The fourth-order valence-electron chi connectivity index (χ4n) is 8.75. The van der Waals surface area contributed by atoms with Gasteiger partial charge in [-0.15, -0.1) is 0 Å². The molecule has 0 amide bonds. The van der Waals surface area contributed by atoms with Crippen LogP contribution in [0.5, 0.6) is 0 Å². The van der Waals surface area contributed by atoms with E-state index in [0.717, 1.165) is 25.7 Å². The Kier molecular flexibility index (Phi) is 6.86. The Balaban J connectivity index is 1.73. The van der Waals surface area contributed by atoms with Crippen molar-refractivity contribution >= 4 is 0 Å². The molecule has 0 saturated heterocycles. The minimum atomic E-state index is -2.07. The molecule has 0 radical (unpaired) electrons. The molecule has 4 rings (SSSR count). The number of aliphatic hydroxyl groups is 7. The maximum Gasteiger partial charge on any atom is 0.123 e. The standard InChI is InChI=1S/C27H46O7/c1-15(2)6-5-7-16(3)17-8-9-18-19-10-22(31)26(33)12-21(30)20(29)11-25(26,14-28)27(19,34)23(32)13-24(17,18)4/h10,15-18,20-23,28-34H,5-9,11-14H2,1-4H3/t16-,17-,18+,20+,21+,22+,23-,24-,25-,26-,27+/m1/s1. The van der Waals surface area contributed by atoms with Crippen molar-refractivity contribution in [2.75, 3.05) is 6.61 Å². The molecule has 0 heterocycles. The van der Waals surface area contributed by atoms with E-state index in [-0.39, 0.29) is 17.8 Å². The lowest BCUT2D eigenvalue weighted by molar-refractivity contribution is -0.311. The maximum absolute atomic E-state index is 12.2. The average Bonchev–Trinajstić information content (AvgIpc) is 3.09. The van der Waals surface area contributed by atoms with Crippen LogP contribution in [0.4, 0.5) is 0 Å². The molecule has 0 aromatic carbocycles. The molecular weight excluding hydrogens is 436 g/mol. The summed E-state index contributed by atoms with van der Waals surface area (Å²) >= 11 is 0. The zero-order valence-electron chi connectivity index (χ0n) is 21.2. The van der Waals surface area contributed by atoms with E-state index < -0.39 is 54.1 Å². The van der Waals surface area contributed by atoms with Crippen molar-refractivity contribution < 1.29 is 35.7 Å². The fraction of sp³-hybridized carbons (Fsp3) is 0.926. The Bertz CT molecular complexity index is 800. The molecule has 11 atom stereocenters. The van der Waals surface area contributed by atoms with Crippen LogP contribution in [0.25, 0.3) is 0 Å². The fourth-order valence-corrected chi connectivity index (χ4v) is 8.75. The van der Waals surface area contributed by atoms with Crippen molar-refractivity contribution in [2.24, 2.45) is 34.5 Å². The van der Waals surface area contributed by atoms with Crippen molar-refractivity contribution in [3.8, 4) is 0 Å². The van der Waals surface area contributed by atoms with Gasteiger partial charge in [0.25, 0.3) is 0 Å². The lowest BCUT2D eigenvalue weighted by Gasteiger charge is -2.67. The summed E-state index contributed by atoms with van der Waals surface area (Å²) in [5.74, 6) is 1.37. The normalized spacial score (nSPS) is 51.5. The van der Waals surface area contributed by atoms with Gasteiger partial charge >= 0.3 is 0 Å². The Morgan fingerprint density at radius 3 is 2.21 bits per heavy atom. The third kappa shape index (κ3) is 3.41. The Morgan fingerprint density at radius 1 is 0.941 bits per heavy atom.